The molecule has 118 valence electrons. The number of hydrogen-bond acceptors (Lipinski definition) is 3. The largest absolute Gasteiger partial charge is 0.495 e. The van der Waals surface area contributed by atoms with Crippen LogP contribution in [-0.4, -0.2) is 52.6 Å². The van der Waals surface area contributed by atoms with Crippen LogP contribution in [0.5, 0.6) is 5.75 Å². The maximum Gasteiger partial charge on any atom is 0.247 e. The quantitative estimate of drug-likeness (QED) is 0.823. The number of quaternary nitrogens is 1. The van der Waals surface area contributed by atoms with Gasteiger partial charge in [-0.1, -0.05) is 22.9 Å². The third kappa shape index (κ3) is 3.77. The van der Waals surface area contributed by atoms with Crippen LogP contribution in [0, 0.1) is 0 Å². The smallest absolute Gasteiger partial charge is 0.247 e. The highest BCUT2D eigenvalue weighted by Gasteiger charge is 2.32. The Labute approximate surface area is 135 Å². The number of benzene rings is 1. The fourth-order valence-corrected chi connectivity index (χ4v) is 4.77. The molecule has 5 nitrogen and oxygen atoms in total. The summed E-state index contributed by atoms with van der Waals surface area (Å²) in [5.74, 6) is 0.390. The first-order chi connectivity index (χ1) is 9.98. The summed E-state index contributed by atoms with van der Waals surface area (Å²) in [6, 6.07) is 5.07. The second-order valence-electron chi connectivity index (χ2n) is 5.20. The fraction of sp³-hybridized carbons (Fsp3) is 0.571. The van der Waals surface area contributed by atoms with Crippen molar-refractivity contribution in [2.75, 3.05) is 39.8 Å². The number of sulfonamides is 1. The van der Waals surface area contributed by atoms with E-state index in [1.165, 1.54) is 12.0 Å². The summed E-state index contributed by atoms with van der Waals surface area (Å²) in [5.41, 5.74) is 0. The van der Waals surface area contributed by atoms with E-state index in [0.717, 1.165) is 30.5 Å². The molecule has 1 heterocycles. The first-order valence-electron chi connectivity index (χ1n) is 7.16. The molecule has 0 radical (unpaired) electrons. The lowest BCUT2D eigenvalue weighted by Gasteiger charge is -2.31. The molecule has 1 saturated heterocycles. The molecule has 1 aliphatic rings. The molecule has 0 saturated carbocycles. The zero-order chi connectivity index (χ0) is 15.5. The molecule has 0 unspecified atom stereocenters. The van der Waals surface area contributed by atoms with E-state index < -0.39 is 10.0 Å². The van der Waals surface area contributed by atoms with Crippen LogP contribution in [0.3, 0.4) is 0 Å². The minimum atomic E-state index is -3.50. The van der Waals surface area contributed by atoms with Crippen LogP contribution in [0.2, 0.25) is 0 Å². The van der Waals surface area contributed by atoms with Crippen molar-refractivity contribution >= 4 is 26.0 Å². The number of nitrogens with one attached hydrogen (secondary N) is 1. The summed E-state index contributed by atoms with van der Waals surface area (Å²) in [6.07, 6.45) is 1.13. The zero-order valence-electron chi connectivity index (χ0n) is 12.4. The average Bonchev–Trinajstić information content (AvgIpc) is 2.48. The second-order valence-corrected chi connectivity index (χ2v) is 8.02. The fourth-order valence-electron chi connectivity index (χ4n) is 2.64. The van der Waals surface area contributed by atoms with E-state index in [-0.39, 0.29) is 4.90 Å². The SMILES string of the molecule is CCC[NH+]1CCN(S(=O)(=O)c2cc(Br)ccc2OC)CC1. The molecule has 1 aromatic carbocycles. The van der Waals surface area contributed by atoms with E-state index in [1.807, 2.05) is 0 Å². The van der Waals surface area contributed by atoms with E-state index in [1.54, 1.807) is 22.5 Å². The molecule has 0 amide bonds. The van der Waals surface area contributed by atoms with Crippen LogP contribution < -0.4 is 9.64 Å². The molecule has 1 aromatic rings. The predicted molar refractivity (Wildman–Crippen MR) is 85.3 cm³/mol. The minimum absolute atomic E-state index is 0.235. The molecule has 0 aliphatic carbocycles. The third-order valence-corrected chi connectivity index (χ3v) is 6.19. The van der Waals surface area contributed by atoms with Gasteiger partial charge >= 0.3 is 0 Å². The number of rotatable bonds is 5. The third-order valence-electron chi connectivity index (χ3n) is 3.78. The average molecular weight is 378 g/mol. The molecule has 21 heavy (non-hydrogen) atoms. The first kappa shape index (κ1) is 16.7. The molecule has 7 heteroatoms. The lowest BCUT2D eigenvalue weighted by Crippen LogP contribution is -3.14. The Morgan fingerprint density at radius 2 is 2.00 bits per heavy atom. The molecule has 1 N–H and O–H groups in total. The van der Waals surface area contributed by atoms with Crippen molar-refractivity contribution in [3.05, 3.63) is 22.7 Å². The first-order valence-corrected chi connectivity index (χ1v) is 9.39. The van der Waals surface area contributed by atoms with Crippen molar-refractivity contribution in [1.82, 2.24) is 4.31 Å². The van der Waals surface area contributed by atoms with Gasteiger partial charge < -0.3 is 9.64 Å². The molecule has 0 bridgehead atoms. The number of hydrogen-bond donors (Lipinski definition) is 1. The van der Waals surface area contributed by atoms with Gasteiger partial charge in [0.1, 0.15) is 10.6 Å². The maximum atomic E-state index is 12.8. The van der Waals surface area contributed by atoms with E-state index in [4.69, 9.17) is 4.74 Å². The molecule has 0 spiro atoms. The summed E-state index contributed by atoms with van der Waals surface area (Å²) >= 11 is 3.33. The van der Waals surface area contributed by atoms with Crippen molar-refractivity contribution < 1.29 is 18.1 Å². The van der Waals surface area contributed by atoms with Gasteiger partial charge in [-0.3, -0.25) is 0 Å². The van der Waals surface area contributed by atoms with Gasteiger partial charge in [-0.15, -0.1) is 0 Å². The number of nitrogens with zero attached hydrogens (tertiary/aromatic N) is 1. The van der Waals surface area contributed by atoms with Crippen LogP contribution in [0.15, 0.2) is 27.6 Å². The van der Waals surface area contributed by atoms with E-state index in [0.29, 0.717) is 18.8 Å². The summed E-state index contributed by atoms with van der Waals surface area (Å²) in [7, 11) is -2.01. The van der Waals surface area contributed by atoms with Crippen LogP contribution in [-0.2, 0) is 10.0 Å². The topological polar surface area (TPSA) is 51.0 Å². The van der Waals surface area contributed by atoms with E-state index >= 15 is 0 Å². The molecule has 0 aromatic heterocycles. The molecule has 2 rings (SSSR count). The Kier molecular flexibility index (Phi) is 5.65. The van der Waals surface area contributed by atoms with Crippen LogP contribution in [0.25, 0.3) is 0 Å². The molecular weight excluding hydrogens is 356 g/mol. The second kappa shape index (κ2) is 7.09. The predicted octanol–water partition coefficient (Wildman–Crippen LogP) is 0.757. The number of methoxy groups -OCH3 is 1. The highest BCUT2D eigenvalue weighted by molar-refractivity contribution is 9.10. The van der Waals surface area contributed by atoms with Crippen molar-refractivity contribution in [1.29, 1.82) is 0 Å². The number of ether oxygens (including phenoxy) is 1. The Bertz CT molecular complexity index is 584. The number of halogens is 1. The van der Waals surface area contributed by atoms with Gasteiger partial charge in [0, 0.05) is 4.47 Å². The summed E-state index contributed by atoms with van der Waals surface area (Å²) in [6.45, 7) is 6.12. The molecule has 1 aliphatic heterocycles. The lowest BCUT2D eigenvalue weighted by molar-refractivity contribution is -0.903. The van der Waals surface area contributed by atoms with Gasteiger partial charge in [0.15, 0.2) is 0 Å². The van der Waals surface area contributed by atoms with Gasteiger partial charge in [-0.25, -0.2) is 8.42 Å². The minimum Gasteiger partial charge on any atom is -0.495 e. The Balaban J connectivity index is 2.21. The van der Waals surface area contributed by atoms with Crippen LogP contribution >= 0.6 is 15.9 Å². The van der Waals surface area contributed by atoms with Gasteiger partial charge in [0.2, 0.25) is 10.0 Å². The van der Waals surface area contributed by atoms with Gasteiger partial charge in [-0.05, 0) is 24.6 Å². The highest BCUT2D eigenvalue weighted by atomic mass is 79.9. The van der Waals surface area contributed by atoms with E-state index in [9.17, 15) is 8.42 Å². The lowest BCUT2D eigenvalue weighted by atomic mass is 10.3. The van der Waals surface area contributed by atoms with Crippen molar-refractivity contribution in [2.45, 2.75) is 18.2 Å². The normalized spacial score (nSPS) is 17.9. The monoisotopic (exact) mass is 377 g/mol. The Morgan fingerprint density at radius 1 is 1.33 bits per heavy atom. The van der Waals surface area contributed by atoms with E-state index in [2.05, 4.69) is 22.9 Å². The van der Waals surface area contributed by atoms with Gasteiger partial charge in [0.05, 0.1) is 39.8 Å². The summed E-state index contributed by atoms with van der Waals surface area (Å²) < 4.78 is 33.1. The standard InChI is InChI=1S/C14H21BrN2O3S/c1-3-6-16-7-9-17(10-8-16)21(18,19)14-11-12(15)4-5-13(14)20-2/h4-5,11H,3,6-10H2,1-2H3/p+1. The zero-order valence-corrected chi connectivity index (χ0v) is 14.8. The van der Waals surface area contributed by atoms with Crippen molar-refractivity contribution in [3.8, 4) is 5.75 Å². The maximum absolute atomic E-state index is 12.8. The van der Waals surface area contributed by atoms with Crippen LogP contribution in [0.1, 0.15) is 13.3 Å². The molecule has 0 atom stereocenters. The number of piperazine rings is 1. The summed E-state index contributed by atoms with van der Waals surface area (Å²) in [4.78, 5) is 1.71. The Morgan fingerprint density at radius 3 is 2.57 bits per heavy atom. The molecule has 1 fully saturated rings. The van der Waals surface area contributed by atoms with Gasteiger partial charge in [-0.2, -0.15) is 4.31 Å². The van der Waals surface area contributed by atoms with Crippen molar-refractivity contribution in [3.63, 3.8) is 0 Å². The van der Waals surface area contributed by atoms with Gasteiger partial charge in [0.25, 0.3) is 0 Å². The summed E-state index contributed by atoms with van der Waals surface area (Å²) in [5, 5.41) is 0. The van der Waals surface area contributed by atoms with Crippen LogP contribution in [0.4, 0.5) is 0 Å². The molecular formula is C14H22BrN2O3S+. The van der Waals surface area contributed by atoms with Crippen molar-refractivity contribution in [2.24, 2.45) is 0 Å². The highest BCUT2D eigenvalue weighted by Crippen LogP contribution is 2.29. The Hall–Kier alpha value is -0.630.